The maximum Gasteiger partial charge on any atom is -0.00515 e. The summed E-state index contributed by atoms with van der Waals surface area (Å²) in [7, 11) is 0. The first-order valence-electron chi connectivity index (χ1n) is 5.44. The van der Waals surface area contributed by atoms with Crippen LogP contribution in [-0.2, 0) is 0 Å². The predicted molar refractivity (Wildman–Crippen MR) is 56.1 cm³/mol. The molecule has 1 aliphatic rings. The van der Waals surface area contributed by atoms with E-state index in [1.54, 1.807) is 0 Å². The summed E-state index contributed by atoms with van der Waals surface area (Å²) in [5.41, 5.74) is 5.48. The van der Waals surface area contributed by atoms with Crippen LogP contribution in [0.3, 0.4) is 0 Å². The van der Waals surface area contributed by atoms with Gasteiger partial charge in [-0.2, -0.15) is 0 Å². The van der Waals surface area contributed by atoms with Gasteiger partial charge in [-0.25, -0.2) is 0 Å². The highest BCUT2D eigenvalue weighted by molar-refractivity contribution is 4.73. The molecule has 12 heavy (non-hydrogen) atoms. The van der Waals surface area contributed by atoms with E-state index in [0.717, 1.165) is 18.4 Å². The molecule has 1 nitrogen and oxygen atoms in total. The van der Waals surface area contributed by atoms with Gasteiger partial charge in [0.25, 0.3) is 0 Å². The van der Waals surface area contributed by atoms with Crippen LogP contribution in [0.1, 0.15) is 52.9 Å². The van der Waals surface area contributed by atoms with Crippen molar-refractivity contribution in [2.24, 2.45) is 17.6 Å². The minimum absolute atomic E-state index is 0.755. The Morgan fingerprint density at radius 1 is 1.33 bits per heavy atom. The Morgan fingerprint density at radius 2 is 1.83 bits per heavy atom. The summed E-state index contributed by atoms with van der Waals surface area (Å²) >= 11 is 0. The minimum Gasteiger partial charge on any atom is -0.330 e. The fourth-order valence-corrected chi connectivity index (χ4v) is 1.04. The maximum absolute atomic E-state index is 5.48. The highest BCUT2D eigenvalue weighted by atomic mass is 14.5. The summed E-state index contributed by atoms with van der Waals surface area (Å²) in [6, 6.07) is 0. The van der Waals surface area contributed by atoms with E-state index < -0.39 is 0 Å². The van der Waals surface area contributed by atoms with Crippen molar-refractivity contribution in [3.8, 4) is 0 Å². The van der Waals surface area contributed by atoms with Crippen LogP contribution in [0.15, 0.2) is 0 Å². The van der Waals surface area contributed by atoms with Crippen LogP contribution in [0.25, 0.3) is 0 Å². The van der Waals surface area contributed by atoms with Crippen LogP contribution in [0, 0.1) is 11.8 Å². The van der Waals surface area contributed by atoms with E-state index in [9.17, 15) is 0 Å². The zero-order valence-corrected chi connectivity index (χ0v) is 8.97. The molecule has 0 aromatic heterocycles. The lowest BCUT2D eigenvalue weighted by atomic mass is 10.0. The van der Waals surface area contributed by atoms with Gasteiger partial charge >= 0.3 is 0 Å². The third kappa shape index (κ3) is 8.06. The molecule has 1 rings (SSSR count). The Kier molecular flexibility index (Phi) is 7.58. The number of hydrogen-bond donors (Lipinski definition) is 1. The molecular weight excluding hydrogens is 146 g/mol. The van der Waals surface area contributed by atoms with Crippen molar-refractivity contribution in [2.75, 3.05) is 6.54 Å². The molecule has 0 bridgehead atoms. The number of nitrogens with two attached hydrogens (primary N) is 1. The van der Waals surface area contributed by atoms with Gasteiger partial charge in [-0.3, -0.25) is 0 Å². The number of rotatable bonds is 4. The molecule has 1 aliphatic carbocycles. The lowest BCUT2D eigenvalue weighted by Gasteiger charge is -2.05. The van der Waals surface area contributed by atoms with E-state index in [1.165, 1.54) is 32.1 Å². The van der Waals surface area contributed by atoms with Crippen molar-refractivity contribution in [1.82, 2.24) is 0 Å². The molecule has 0 aromatic carbocycles. The topological polar surface area (TPSA) is 26.0 Å². The second-order valence-corrected chi connectivity index (χ2v) is 4.07. The highest BCUT2D eigenvalue weighted by Crippen LogP contribution is 2.34. The molecule has 1 atom stereocenters. The Morgan fingerprint density at radius 3 is 2.17 bits per heavy atom. The largest absolute Gasteiger partial charge is 0.330 e. The van der Waals surface area contributed by atoms with Crippen LogP contribution in [0.2, 0.25) is 0 Å². The Balaban J connectivity index is 0.000000354. The molecule has 0 radical (unpaired) electrons. The first kappa shape index (κ1) is 12.0. The lowest BCUT2D eigenvalue weighted by molar-refractivity contribution is 0.499. The quantitative estimate of drug-likeness (QED) is 0.690. The highest BCUT2D eigenvalue weighted by Gasteiger charge is 2.20. The van der Waals surface area contributed by atoms with E-state index in [-0.39, 0.29) is 0 Å². The van der Waals surface area contributed by atoms with Crippen molar-refractivity contribution in [1.29, 1.82) is 0 Å². The predicted octanol–water partition coefficient (Wildman–Crippen LogP) is 3.19. The van der Waals surface area contributed by atoms with Gasteiger partial charge in [-0.05, 0) is 24.8 Å². The summed E-state index contributed by atoms with van der Waals surface area (Å²) in [6.07, 6.45) is 6.99. The molecule has 0 aliphatic heterocycles. The molecule has 0 spiro atoms. The van der Waals surface area contributed by atoms with E-state index >= 15 is 0 Å². The molecule has 0 saturated heterocycles. The summed E-state index contributed by atoms with van der Waals surface area (Å²) < 4.78 is 0. The first-order chi connectivity index (χ1) is 5.74. The van der Waals surface area contributed by atoms with Crippen LogP contribution in [-0.4, -0.2) is 6.54 Å². The Bertz CT molecular complexity index is 87.0. The van der Waals surface area contributed by atoms with Crippen molar-refractivity contribution in [3.63, 3.8) is 0 Å². The van der Waals surface area contributed by atoms with Crippen LogP contribution in [0.4, 0.5) is 0 Å². The zero-order valence-electron chi connectivity index (χ0n) is 8.97. The van der Waals surface area contributed by atoms with Crippen molar-refractivity contribution in [2.45, 2.75) is 52.9 Å². The van der Waals surface area contributed by atoms with Crippen molar-refractivity contribution >= 4 is 0 Å². The molecule has 0 aromatic rings. The van der Waals surface area contributed by atoms with Gasteiger partial charge in [0.05, 0.1) is 0 Å². The van der Waals surface area contributed by atoms with E-state index in [1.807, 2.05) is 0 Å². The average Bonchev–Trinajstić information content (AvgIpc) is 2.85. The van der Waals surface area contributed by atoms with Gasteiger partial charge < -0.3 is 5.73 Å². The summed E-state index contributed by atoms with van der Waals surface area (Å²) in [6.45, 7) is 7.36. The zero-order chi connectivity index (χ0) is 9.40. The van der Waals surface area contributed by atoms with Crippen molar-refractivity contribution in [3.05, 3.63) is 0 Å². The molecule has 1 fully saturated rings. The first-order valence-corrected chi connectivity index (χ1v) is 5.44. The second-order valence-electron chi connectivity index (χ2n) is 4.07. The van der Waals surface area contributed by atoms with Gasteiger partial charge in [0.2, 0.25) is 0 Å². The Hall–Kier alpha value is -0.0400. The fourth-order valence-electron chi connectivity index (χ4n) is 1.04. The standard InChI is InChI=1S/C8H17N.C3H8/c1-7(6-9)2-3-8-4-5-8;1-3-2/h7-8H,2-6,9H2,1H3;3H2,1-2H3. The monoisotopic (exact) mass is 171 g/mol. The van der Waals surface area contributed by atoms with Gasteiger partial charge in [0.1, 0.15) is 0 Å². The Labute approximate surface area is 77.7 Å². The molecule has 1 heteroatoms. The van der Waals surface area contributed by atoms with Gasteiger partial charge in [0, 0.05) is 0 Å². The summed E-state index contributed by atoms with van der Waals surface area (Å²) in [5, 5.41) is 0. The molecule has 1 unspecified atom stereocenters. The number of hydrogen-bond acceptors (Lipinski definition) is 1. The van der Waals surface area contributed by atoms with Crippen LogP contribution >= 0.6 is 0 Å². The summed E-state index contributed by atoms with van der Waals surface area (Å²) in [4.78, 5) is 0. The fraction of sp³-hybridized carbons (Fsp3) is 1.00. The molecule has 0 heterocycles. The normalized spacial score (nSPS) is 18.0. The maximum atomic E-state index is 5.48. The molecule has 74 valence electrons. The second kappa shape index (κ2) is 7.60. The SMILES string of the molecule is CC(CN)CCC1CC1.CCC. The van der Waals surface area contributed by atoms with Crippen molar-refractivity contribution < 1.29 is 0 Å². The minimum atomic E-state index is 0.755. The summed E-state index contributed by atoms with van der Waals surface area (Å²) in [5.74, 6) is 1.84. The molecule has 0 amide bonds. The van der Waals surface area contributed by atoms with E-state index in [4.69, 9.17) is 5.73 Å². The molecule has 2 N–H and O–H groups in total. The van der Waals surface area contributed by atoms with Gasteiger partial charge in [0.15, 0.2) is 0 Å². The average molecular weight is 171 g/mol. The lowest BCUT2D eigenvalue weighted by Crippen LogP contribution is -2.10. The third-order valence-corrected chi connectivity index (χ3v) is 2.17. The van der Waals surface area contributed by atoms with Gasteiger partial charge in [-0.1, -0.05) is 46.5 Å². The van der Waals surface area contributed by atoms with Crippen LogP contribution < -0.4 is 5.73 Å². The molecule has 1 saturated carbocycles. The third-order valence-electron chi connectivity index (χ3n) is 2.17. The smallest absolute Gasteiger partial charge is 0.00515 e. The van der Waals surface area contributed by atoms with E-state index in [0.29, 0.717) is 0 Å². The molecular formula is C11H25N. The van der Waals surface area contributed by atoms with Crippen LogP contribution in [0.5, 0.6) is 0 Å². The van der Waals surface area contributed by atoms with E-state index in [2.05, 4.69) is 20.8 Å². The van der Waals surface area contributed by atoms with Gasteiger partial charge in [-0.15, -0.1) is 0 Å².